The van der Waals surface area contributed by atoms with Gasteiger partial charge in [-0.1, -0.05) is 0 Å². The molecule has 13 heavy (non-hydrogen) atoms. The highest BCUT2D eigenvalue weighted by Crippen LogP contribution is 2.34. The third-order valence-electron chi connectivity index (χ3n) is 2.76. The monoisotopic (exact) mass is 193 g/mol. The van der Waals surface area contributed by atoms with Gasteiger partial charge in [0.15, 0.2) is 0 Å². The number of hydrogen-bond donors (Lipinski definition) is 1. The van der Waals surface area contributed by atoms with Crippen LogP contribution in [-0.2, 0) is 0 Å². The highest BCUT2D eigenvalue weighted by molar-refractivity contribution is 4.82. The zero-order valence-electron chi connectivity index (χ0n) is 7.97. The smallest absolute Gasteiger partial charge is 0.248 e. The van der Waals surface area contributed by atoms with Crippen molar-refractivity contribution in [2.45, 2.75) is 37.6 Å². The maximum atomic E-state index is 12.8. The molecule has 1 N–H and O–H groups in total. The van der Waals surface area contributed by atoms with Gasteiger partial charge in [-0.15, -0.1) is 0 Å². The van der Waals surface area contributed by atoms with Crippen molar-refractivity contribution in [2.75, 3.05) is 20.2 Å². The SMILES string of the molecule is CN(CCO)C1CCC(F)(F)CC1. The summed E-state index contributed by atoms with van der Waals surface area (Å²) in [5.41, 5.74) is 0. The molecule has 0 aromatic rings. The van der Waals surface area contributed by atoms with E-state index in [1.54, 1.807) is 0 Å². The molecule has 0 saturated heterocycles. The number of rotatable bonds is 3. The van der Waals surface area contributed by atoms with Crippen molar-refractivity contribution in [1.29, 1.82) is 0 Å². The quantitative estimate of drug-likeness (QED) is 0.734. The van der Waals surface area contributed by atoms with Gasteiger partial charge >= 0.3 is 0 Å². The lowest BCUT2D eigenvalue weighted by atomic mass is 9.91. The number of aliphatic hydroxyl groups is 1. The molecule has 1 aliphatic rings. The van der Waals surface area contributed by atoms with Crippen molar-refractivity contribution in [3.05, 3.63) is 0 Å². The molecule has 4 heteroatoms. The lowest BCUT2D eigenvalue weighted by Gasteiger charge is -2.34. The normalized spacial score (nSPS) is 23.8. The molecule has 0 radical (unpaired) electrons. The first-order valence-electron chi connectivity index (χ1n) is 4.74. The number of halogens is 2. The average molecular weight is 193 g/mol. The van der Waals surface area contributed by atoms with Gasteiger partial charge < -0.3 is 10.0 Å². The fourth-order valence-corrected chi connectivity index (χ4v) is 1.81. The van der Waals surface area contributed by atoms with Crippen LogP contribution in [0.5, 0.6) is 0 Å². The molecule has 0 amide bonds. The van der Waals surface area contributed by atoms with Crippen LogP contribution in [-0.4, -0.2) is 42.2 Å². The van der Waals surface area contributed by atoms with E-state index in [9.17, 15) is 8.78 Å². The minimum atomic E-state index is -2.45. The fraction of sp³-hybridized carbons (Fsp3) is 1.00. The van der Waals surface area contributed by atoms with Crippen LogP contribution in [0.4, 0.5) is 8.78 Å². The Morgan fingerprint density at radius 1 is 1.38 bits per heavy atom. The summed E-state index contributed by atoms with van der Waals surface area (Å²) in [7, 11) is 1.88. The average Bonchev–Trinajstić information content (AvgIpc) is 2.04. The van der Waals surface area contributed by atoms with Gasteiger partial charge in [-0.05, 0) is 19.9 Å². The summed E-state index contributed by atoms with van der Waals surface area (Å²) >= 11 is 0. The van der Waals surface area contributed by atoms with Crippen LogP contribution in [0, 0.1) is 0 Å². The summed E-state index contributed by atoms with van der Waals surface area (Å²) in [5.74, 6) is -2.45. The van der Waals surface area contributed by atoms with Gasteiger partial charge in [-0.2, -0.15) is 0 Å². The summed E-state index contributed by atoms with van der Waals surface area (Å²) in [5, 5.41) is 8.68. The van der Waals surface area contributed by atoms with Gasteiger partial charge in [0.2, 0.25) is 5.92 Å². The molecular weight excluding hydrogens is 176 g/mol. The van der Waals surface area contributed by atoms with E-state index < -0.39 is 5.92 Å². The third-order valence-corrected chi connectivity index (χ3v) is 2.76. The van der Waals surface area contributed by atoms with Crippen molar-refractivity contribution in [3.8, 4) is 0 Å². The van der Waals surface area contributed by atoms with E-state index in [4.69, 9.17) is 5.11 Å². The van der Waals surface area contributed by atoms with Gasteiger partial charge in [0.05, 0.1) is 6.61 Å². The topological polar surface area (TPSA) is 23.5 Å². The first-order valence-corrected chi connectivity index (χ1v) is 4.74. The number of nitrogens with zero attached hydrogens (tertiary/aromatic N) is 1. The Morgan fingerprint density at radius 2 is 1.92 bits per heavy atom. The predicted molar refractivity (Wildman–Crippen MR) is 46.9 cm³/mol. The predicted octanol–water partition coefficient (Wildman–Crippen LogP) is 1.49. The van der Waals surface area contributed by atoms with Crippen molar-refractivity contribution in [3.63, 3.8) is 0 Å². The zero-order chi connectivity index (χ0) is 9.90. The summed E-state index contributed by atoms with van der Waals surface area (Å²) in [4.78, 5) is 1.97. The van der Waals surface area contributed by atoms with Crippen LogP contribution in [0.15, 0.2) is 0 Å². The first-order chi connectivity index (χ1) is 6.05. The maximum absolute atomic E-state index is 12.8. The van der Waals surface area contributed by atoms with E-state index in [1.807, 2.05) is 11.9 Å². The Hall–Kier alpha value is -0.220. The molecule has 78 valence electrons. The molecule has 1 saturated carbocycles. The van der Waals surface area contributed by atoms with E-state index in [2.05, 4.69) is 0 Å². The minimum Gasteiger partial charge on any atom is -0.395 e. The van der Waals surface area contributed by atoms with Gasteiger partial charge in [0.25, 0.3) is 0 Å². The minimum absolute atomic E-state index is 0.00651. The van der Waals surface area contributed by atoms with Crippen LogP contribution in [0.1, 0.15) is 25.7 Å². The van der Waals surface area contributed by atoms with Crippen LogP contribution >= 0.6 is 0 Å². The second-order valence-electron chi connectivity index (χ2n) is 3.79. The first kappa shape index (κ1) is 10.9. The Labute approximate surface area is 77.5 Å². The highest BCUT2D eigenvalue weighted by atomic mass is 19.3. The van der Waals surface area contributed by atoms with Crippen molar-refractivity contribution in [1.82, 2.24) is 4.90 Å². The van der Waals surface area contributed by atoms with Crippen LogP contribution < -0.4 is 0 Å². The van der Waals surface area contributed by atoms with Gasteiger partial charge in [0.1, 0.15) is 0 Å². The highest BCUT2D eigenvalue weighted by Gasteiger charge is 2.35. The molecule has 0 heterocycles. The van der Waals surface area contributed by atoms with Crippen molar-refractivity contribution < 1.29 is 13.9 Å². The molecule has 1 aliphatic carbocycles. The second kappa shape index (κ2) is 4.33. The van der Waals surface area contributed by atoms with E-state index >= 15 is 0 Å². The molecular formula is C9H17F2NO. The molecule has 0 atom stereocenters. The Balaban J connectivity index is 2.32. The molecule has 0 aliphatic heterocycles. The van der Waals surface area contributed by atoms with Gasteiger partial charge in [-0.3, -0.25) is 0 Å². The lowest BCUT2D eigenvalue weighted by Crippen LogP contribution is -2.39. The summed E-state index contributed by atoms with van der Waals surface area (Å²) < 4.78 is 25.5. The van der Waals surface area contributed by atoms with E-state index in [1.165, 1.54) is 0 Å². The van der Waals surface area contributed by atoms with Gasteiger partial charge in [0, 0.05) is 25.4 Å². The number of alkyl halides is 2. The van der Waals surface area contributed by atoms with Crippen LogP contribution in [0.2, 0.25) is 0 Å². The summed E-state index contributed by atoms with van der Waals surface area (Å²) in [6.45, 7) is 0.680. The van der Waals surface area contributed by atoms with Gasteiger partial charge in [-0.25, -0.2) is 8.78 Å². The number of hydrogen-bond acceptors (Lipinski definition) is 2. The number of likely N-dealkylation sites (N-methyl/N-ethyl adjacent to an activating group) is 1. The van der Waals surface area contributed by atoms with Crippen LogP contribution in [0.3, 0.4) is 0 Å². The largest absolute Gasteiger partial charge is 0.395 e. The molecule has 1 fully saturated rings. The number of aliphatic hydroxyl groups excluding tert-OH is 1. The molecule has 0 bridgehead atoms. The Kier molecular flexibility index (Phi) is 3.62. The van der Waals surface area contributed by atoms with Crippen molar-refractivity contribution in [2.24, 2.45) is 0 Å². The Morgan fingerprint density at radius 3 is 2.38 bits per heavy atom. The molecule has 0 aromatic heterocycles. The Bertz CT molecular complexity index is 154. The molecule has 1 rings (SSSR count). The van der Waals surface area contributed by atoms with Crippen LogP contribution in [0.25, 0.3) is 0 Å². The van der Waals surface area contributed by atoms with Crippen molar-refractivity contribution >= 4 is 0 Å². The third kappa shape index (κ3) is 3.19. The van der Waals surface area contributed by atoms with E-state index in [-0.39, 0.29) is 25.5 Å². The molecule has 0 spiro atoms. The lowest BCUT2D eigenvalue weighted by molar-refractivity contribution is -0.0520. The summed E-state index contributed by atoms with van der Waals surface area (Å²) in [6, 6.07) is 0.228. The molecule has 2 nitrogen and oxygen atoms in total. The summed E-state index contributed by atoms with van der Waals surface area (Å²) in [6.07, 6.45) is 1.08. The zero-order valence-corrected chi connectivity index (χ0v) is 7.97. The second-order valence-corrected chi connectivity index (χ2v) is 3.79. The molecule has 0 unspecified atom stereocenters. The van der Waals surface area contributed by atoms with E-state index in [0.29, 0.717) is 19.4 Å². The maximum Gasteiger partial charge on any atom is 0.248 e. The molecule has 0 aromatic carbocycles. The fourth-order valence-electron chi connectivity index (χ4n) is 1.81. The van der Waals surface area contributed by atoms with E-state index in [0.717, 1.165) is 0 Å². The standard InChI is InChI=1S/C9H17F2NO/c1-12(6-7-13)8-2-4-9(10,11)5-3-8/h8,13H,2-7H2,1H3.